The normalized spacial score (nSPS) is 27.6. The molecule has 0 N–H and O–H groups in total. The van der Waals surface area contributed by atoms with Crippen LogP contribution in [0.4, 0.5) is 0 Å². The van der Waals surface area contributed by atoms with Gasteiger partial charge in [-0.05, 0) is 82.5 Å². The van der Waals surface area contributed by atoms with Gasteiger partial charge in [0.1, 0.15) is 0 Å². The van der Waals surface area contributed by atoms with Gasteiger partial charge in [0.05, 0.1) is 0 Å². The Bertz CT molecular complexity index is 1010. The van der Waals surface area contributed by atoms with E-state index < -0.39 is 11.1 Å². The fraction of sp³-hybridized carbons (Fsp3) is 0.657. The quantitative estimate of drug-likeness (QED) is 0.137. The molecule has 222 valence electrons. The third-order valence-electron chi connectivity index (χ3n) is 9.47. The number of cyclic esters (lactones) is 2. The molecule has 5 rings (SSSR count). The summed E-state index contributed by atoms with van der Waals surface area (Å²) in [5.74, 6) is 2.33. The molecule has 2 heterocycles. The number of rotatable bonds is 12. The molecule has 6 nitrogen and oxygen atoms in total. The zero-order chi connectivity index (χ0) is 28.4. The number of ether oxygens (including phenoxy) is 2. The molecule has 3 aliphatic carbocycles. The van der Waals surface area contributed by atoms with Crippen LogP contribution in [-0.4, -0.2) is 34.8 Å². The van der Waals surface area contributed by atoms with Crippen molar-refractivity contribution in [2.24, 2.45) is 21.8 Å². The second kappa shape index (κ2) is 14.4. The van der Waals surface area contributed by atoms with Crippen molar-refractivity contribution in [3.05, 3.63) is 48.6 Å². The van der Waals surface area contributed by atoms with Crippen molar-refractivity contribution in [2.45, 2.75) is 133 Å². The van der Waals surface area contributed by atoms with Gasteiger partial charge < -0.3 is 9.47 Å². The smallest absolute Gasteiger partial charge is 0.340 e. The lowest BCUT2D eigenvalue weighted by molar-refractivity contribution is -0.141. The Morgan fingerprint density at radius 2 is 1.00 bits per heavy atom. The molecule has 2 aliphatic heterocycles. The highest BCUT2D eigenvalue weighted by Crippen LogP contribution is 2.38. The van der Waals surface area contributed by atoms with Crippen LogP contribution >= 0.6 is 0 Å². The minimum absolute atomic E-state index is 0.127. The van der Waals surface area contributed by atoms with Crippen LogP contribution in [0.1, 0.15) is 122 Å². The first kappa shape index (κ1) is 29.7. The zero-order valence-corrected chi connectivity index (χ0v) is 24.7. The van der Waals surface area contributed by atoms with Crippen LogP contribution in [0, 0.1) is 11.8 Å². The van der Waals surface area contributed by atoms with E-state index in [0.29, 0.717) is 36.5 Å². The van der Waals surface area contributed by atoms with Crippen molar-refractivity contribution in [1.82, 2.24) is 0 Å². The van der Waals surface area contributed by atoms with Gasteiger partial charge in [0, 0.05) is 12.8 Å². The first-order valence-corrected chi connectivity index (χ1v) is 16.3. The molecule has 41 heavy (non-hydrogen) atoms. The number of hydrogen-bond donors (Lipinski definition) is 0. The van der Waals surface area contributed by atoms with Crippen LogP contribution in [0.5, 0.6) is 0 Å². The van der Waals surface area contributed by atoms with Gasteiger partial charge in [0.25, 0.3) is 0 Å². The molecule has 2 atom stereocenters. The summed E-state index contributed by atoms with van der Waals surface area (Å²) in [4.78, 5) is 33.9. The average Bonchev–Trinajstić information content (AvgIpc) is 3.64. The molecule has 0 saturated heterocycles. The van der Waals surface area contributed by atoms with E-state index in [1.54, 1.807) is 0 Å². The number of allylic oxidation sites excluding steroid dienone is 6. The molecule has 0 amide bonds. The number of unbranched alkanes of at least 4 members (excludes halogenated alkanes) is 2. The number of aliphatic imine (C=N–C) groups is 2. The summed E-state index contributed by atoms with van der Waals surface area (Å²) in [5, 5.41) is 0. The van der Waals surface area contributed by atoms with E-state index in [1.165, 1.54) is 32.1 Å². The number of hydrogen-bond acceptors (Lipinski definition) is 6. The fourth-order valence-corrected chi connectivity index (χ4v) is 7.07. The predicted molar refractivity (Wildman–Crippen MR) is 164 cm³/mol. The molecule has 0 aromatic rings. The fourth-order valence-electron chi connectivity index (χ4n) is 7.07. The second-order valence-corrected chi connectivity index (χ2v) is 12.7. The highest BCUT2D eigenvalue weighted by atomic mass is 16.6. The summed E-state index contributed by atoms with van der Waals surface area (Å²) >= 11 is 0. The lowest BCUT2D eigenvalue weighted by Crippen LogP contribution is -2.35. The standard InChI is InChI=1S/C35H48N2O4/c38-32-34(23-13-7-14-24-34)36-30(40-32)19-11-5-1-3-9-17-28-21-22-29(27-28)18-10-4-2-6-12-20-31-37-35(33(39)41-31)25-15-8-16-26-35/h5-6,9-12,17-18,28-29H,1-4,7-8,13-16,19-27H2/b11-5+,12-6+,17-9+,18-10+. The van der Waals surface area contributed by atoms with Gasteiger partial charge in [-0.1, -0.05) is 87.1 Å². The third kappa shape index (κ3) is 7.96. The Balaban J connectivity index is 0.911. The Hall–Kier alpha value is -2.76. The number of carbonyl (C=O) groups excluding carboxylic acids is 2. The van der Waals surface area contributed by atoms with Gasteiger partial charge in [-0.3, -0.25) is 0 Å². The maximum Gasteiger partial charge on any atom is 0.340 e. The maximum atomic E-state index is 12.3. The van der Waals surface area contributed by atoms with Crippen molar-refractivity contribution < 1.29 is 19.1 Å². The van der Waals surface area contributed by atoms with E-state index in [4.69, 9.17) is 9.47 Å². The first-order chi connectivity index (χ1) is 20.1. The Kier molecular flexibility index (Phi) is 10.5. The molecule has 5 aliphatic rings. The predicted octanol–water partition coefficient (Wildman–Crippen LogP) is 8.28. The second-order valence-electron chi connectivity index (χ2n) is 12.7. The van der Waals surface area contributed by atoms with E-state index in [1.807, 2.05) is 0 Å². The topological polar surface area (TPSA) is 77.3 Å². The van der Waals surface area contributed by atoms with Crippen molar-refractivity contribution in [2.75, 3.05) is 0 Å². The zero-order valence-electron chi connectivity index (χ0n) is 24.7. The Morgan fingerprint density at radius 1 is 0.585 bits per heavy atom. The first-order valence-electron chi connectivity index (χ1n) is 16.3. The number of carbonyl (C=O) groups is 2. The van der Waals surface area contributed by atoms with Gasteiger partial charge in [0.15, 0.2) is 22.9 Å². The monoisotopic (exact) mass is 560 g/mol. The van der Waals surface area contributed by atoms with Gasteiger partial charge in [-0.2, -0.15) is 0 Å². The van der Waals surface area contributed by atoms with E-state index in [9.17, 15) is 9.59 Å². The highest BCUT2D eigenvalue weighted by Gasteiger charge is 2.47. The molecular weight excluding hydrogens is 512 g/mol. The van der Waals surface area contributed by atoms with Crippen LogP contribution < -0.4 is 0 Å². The average molecular weight is 561 g/mol. The van der Waals surface area contributed by atoms with E-state index in [0.717, 1.165) is 77.0 Å². The highest BCUT2D eigenvalue weighted by molar-refractivity contribution is 6.01. The minimum atomic E-state index is -0.557. The maximum absolute atomic E-state index is 12.3. The van der Waals surface area contributed by atoms with E-state index in [2.05, 4.69) is 58.6 Å². The van der Waals surface area contributed by atoms with Crippen LogP contribution in [0.3, 0.4) is 0 Å². The van der Waals surface area contributed by atoms with Crippen molar-refractivity contribution in [1.29, 1.82) is 0 Å². The molecule has 2 spiro atoms. The summed E-state index contributed by atoms with van der Waals surface area (Å²) in [6.45, 7) is 0. The minimum Gasteiger partial charge on any atom is -0.410 e. The van der Waals surface area contributed by atoms with Gasteiger partial charge in [-0.15, -0.1) is 0 Å². The molecule has 3 fully saturated rings. The molecule has 2 unspecified atom stereocenters. The van der Waals surface area contributed by atoms with E-state index in [-0.39, 0.29) is 11.9 Å². The molecule has 0 bridgehead atoms. The summed E-state index contributed by atoms with van der Waals surface area (Å²) in [6.07, 6.45) is 37.2. The lowest BCUT2D eigenvalue weighted by Gasteiger charge is -2.25. The number of esters is 2. The Morgan fingerprint density at radius 3 is 1.44 bits per heavy atom. The van der Waals surface area contributed by atoms with Crippen molar-refractivity contribution in [3.63, 3.8) is 0 Å². The van der Waals surface area contributed by atoms with Gasteiger partial charge in [-0.25, -0.2) is 19.6 Å². The van der Waals surface area contributed by atoms with Crippen LogP contribution in [-0.2, 0) is 19.1 Å². The summed E-state index contributed by atoms with van der Waals surface area (Å²) in [7, 11) is 0. The summed E-state index contributed by atoms with van der Waals surface area (Å²) in [6, 6.07) is 0. The summed E-state index contributed by atoms with van der Waals surface area (Å²) in [5.41, 5.74) is -1.11. The van der Waals surface area contributed by atoms with E-state index >= 15 is 0 Å². The largest absolute Gasteiger partial charge is 0.410 e. The molecule has 0 aromatic heterocycles. The van der Waals surface area contributed by atoms with Gasteiger partial charge >= 0.3 is 11.9 Å². The Labute approximate surface area is 246 Å². The van der Waals surface area contributed by atoms with Crippen molar-refractivity contribution >= 4 is 23.7 Å². The van der Waals surface area contributed by atoms with Crippen LogP contribution in [0.15, 0.2) is 58.6 Å². The van der Waals surface area contributed by atoms with Crippen LogP contribution in [0.25, 0.3) is 0 Å². The number of nitrogens with zero attached hydrogens (tertiary/aromatic N) is 2. The van der Waals surface area contributed by atoms with Crippen LogP contribution in [0.2, 0.25) is 0 Å². The SMILES string of the molecule is O=C1OC(C/C=C/CC/C=C/C2CCC(/C=C/CC/C=C/CC3=NC4(CCCCC4)C(=O)O3)C2)=NC12CCCCC2. The summed E-state index contributed by atoms with van der Waals surface area (Å²) < 4.78 is 10.9. The molecule has 0 radical (unpaired) electrons. The van der Waals surface area contributed by atoms with Crippen molar-refractivity contribution in [3.8, 4) is 0 Å². The van der Waals surface area contributed by atoms with Gasteiger partial charge in [0.2, 0.25) is 0 Å². The molecular formula is C35H48N2O4. The molecule has 3 saturated carbocycles. The lowest BCUT2D eigenvalue weighted by atomic mass is 9.83. The third-order valence-corrected chi connectivity index (χ3v) is 9.47. The molecule has 0 aromatic carbocycles. The molecule has 6 heteroatoms.